The maximum atomic E-state index is 13.2. The van der Waals surface area contributed by atoms with Gasteiger partial charge in [-0.3, -0.25) is 20.6 Å². The third-order valence-corrected chi connectivity index (χ3v) is 6.71. The summed E-state index contributed by atoms with van der Waals surface area (Å²) in [5.41, 5.74) is 3.57. The van der Waals surface area contributed by atoms with Crippen molar-refractivity contribution < 1.29 is 9.53 Å². The van der Waals surface area contributed by atoms with Crippen molar-refractivity contribution in [3.63, 3.8) is 0 Å². The van der Waals surface area contributed by atoms with Gasteiger partial charge in [-0.25, -0.2) is 0 Å². The second-order valence-corrected chi connectivity index (χ2v) is 9.47. The van der Waals surface area contributed by atoms with Gasteiger partial charge in [-0.2, -0.15) is 0 Å². The molecule has 192 valence electrons. The van der Waals surface area contributed by atoms with Crippen LogP contribution in [0.4, 0.5) is 0 Å². The number of ether oxygens (including phenoxy) is 1. The molecule has 0 bridgehead atoms. The summed E-state index contributed by atoms with van der Waals surface area (Å²) < 4.78 is 5.46. The fraction of sp³-hybridized carbons (Fsp3) is 0.385. The molecule has 36 heavy (non-hydrogen) atoms. The summed E-state index contributed by atoms with van der Waals surface area (Å²) in [7, 11) is 1.87. The number of amides is 1. The number of aliphatic imine (C=N–C) groups is 1. The van der Waals surface area contributed by atoms with Gasteiger partial charge in [0.25, 0.3) is 5.91 Å². The van der Waals surface area contributed by atoms with Crippen LogP contribution in [0.3, 0.4) is 0 Å². The van der Waals surface area contributed by atoms with Gasteiger partial charge in [-0.1, -0.05) is 30.5 Å². The fourth-order valence-electron chi connectivity index (χ4n) is 3.97. The van der Waals surface area contributed by atoms with Crippen LogP contribution >= 0.6 is 11.8 Å². The minimum absolute atomic E-state index is 0.0361. The summed E-state index contributed by atoms with van der Waals surface area (Å²) in [6.07, 6.45) is 4.57. The summed E-state index contributed by atoms with van der Waals surface area (Å²) >= 11 is 1.27. The van der Waals surface area contributed by atoms with Crippen LogP contribution in [0, 0.1) is 10.8 Å². The number of nitrogens with one attached hydrogen (secondary N) is 5. The second-order valence-electron chi connectivity index (χ2n) is 8.47. The Bertz CT molecular complexity index is 1100. The van der Waals surface area contributed by atoms with Crippen molar-refractivity contribution >= 4 is 35.7 Å². The third kappa shape index (κ3) is 6.93. The molecular formula is C26H35N7O2S. The summed E-state index contributed by atoms with van der Waals surface area (Å²) in [5, 5.41) is 28.2. The van der Waals surface area contributed by atoms with E-state index in [1.54, 1.807) is 18.5 Å². The molecule has 1 saturated heterocycles. The van der Waals surface area contributed by atoms with Crippen LogP contribution in [0.25, 0.3) is 0 Å². The van der Waals surface area contributed by atoms with Crippen molar-refractivity contribution in [1.29, 1.82) is 10.8 Å². The zero-order valence-electron chi connectivity index (χ0n) is 21.1. The summed E-state index contributed by atoms with van der Waals surface area (Å²) in [6, 6.07) is 5.42. The van der Waals surface area contributed by atoms with Crippen molar-refractivity contribution in [1.82, 2.24) is 20.9 Å². The number of nitrogens with zero attached hydrogens (tertiary/aromatic N) is 2. The van der Waals surface area contributed by atoms with Gasteiger partial charge in [-0.15, -0.1) is 0 Å². The Morgan fingerprint density at radius 1 is 1.36 bits per heavy atom. The molecule has 1 aromatic rings. The average Bonchev–Trinajstić information content (AvgIpc) is 3.17. The molecule has 2 heterocycles. The van der Waals surface area contributed by atoms with Gasteiger partial charge < -0.3 is 25.6 Å². The van der Waals surface area contributed by atoms with E-state index in [9.17, 15) is 4.79 Å². The molecule has 0 aromatic heterocycles. The van der Waals surface area contributed by atoms with E-state index in [1.807, 2.05) is 43.1 Å². The molecular weight excluding hydrogens is 474 g/mol. The number of carbonyl (C=O) groups excluding carboxylic acids is 1. The maximum Gasteiger partial charge on any atom is 0.253 e. The first-order chi connectivity index (χ1) is 17.3. The highest BCUT2D eigenvalue weighted by Gasteiger charge is 2.25. The molecule has 2 aliphatic heterocycles. The van der Waals surface area contributed by atoms with Gasteiger partial charge in [0.05, 0.1) is 16.6 Å². The smallest absolute Gasteiger partial charge is 0.253 e. The number of hydrogen-bond donors (Lipinski definition) is 5. The van der Waals surface area contributed by atoms with Gasteiger partial charge in [0.15, 0.2) is 0 Å². The van der Waals surface area contributed by atoms with Crippen LogP contribution in [0.15, 0.2) is 57.6 Å². The zero-order chi connectivity index (χ0) is 26.1. The Kier molecular flexibility index (Phi) is 10.0. The van der Waals surface area contributed by atoms with E-state index in [0.29, 0.717) is 35.0 Å². The molecule has 1 unspecified atom stereocenters. The molecule has 10 heteroatoms. The minimum Gasteiger partial charge on any atom is -0.418 e. The maximum absolute atomic E-state index is 13.2. The van der Waals surface area contributed by atoms with Crippen molar-refractivity contribution in [2.24, 2.45) is 4.99 Å². The molecule has 1 fully saturated rings. The van der Waals surface area contributed by atoms with Crippen molar-refractivity contribution in [3.05, 3.63) is 69.3 Å². The van der Waals surface area contributed by atoms with Crippen LogP contribution in [-0.2, 0) is 11.3 Å². The van der Waals surface area contributed by atoms with Crippen LogP contribution in [0.1, 0.15) is 47.8 Å². The lowest BCUT2D eigenvalue weighted by molar-refractivity contribution is 0.0766. The lowest BCUT2D eigenvalue weighted by atomic mass is 9.96. The number of allylic oxidation sites excluding steroid dienone is 2. The van der Waals surface area contributed by atoms with Crippen molar-refractivity contribution in [2.45, 2.75) is 32.9 Å². The van der Waals surface area contributed by atoms with Gasteiger partial charge in [0.2, 0.25) is 11.8 Å². The molecule has 1 amide bonds. The second kappa shape index (κ2) is 13.2. The SMILES string of the molecule is C=C(S/C=C\C)C(=N)OC(=N)C1=C(C)N=CC(c2ccc(C(=O)N3CCCNCC3)cc2CNC)N1. The topological polar surface area (TPSA) is 126 Å². The zero-order valence-corrected chi connectivity index (χ0v) is 21.9. The average molecular weight is 510 g/mol. The van der Waals surface area contributed by atoms with E-state index in [1.165, 1.54) is 11.8 Å². The number of thioether (sulfide) groups is 1. The van der Waals surface area contributed by atoms with Gasteiger partial charge in [0, 0.05) is 38.0 Å². The molecule has 2 aliphatic rings. The van der Waals surface area contributed by atoms with Gasteiger partial charge in [-0.05, 0) is 62.5 Å². The Morgan fingerprint density at radius 2 is 2.17 bits per heavy atom. The summed E-state index contributed by atoms with van der Waals surface area (Å²) in [5.74, 6) is -0.342. The first-order valence-electron chi connectivity index (χ1n) is 12.0. The quantitative estimate of drug-likeness (QED) is 0.270. The first kappa shape index (κ1) is 27.4. The number of hydrogen-bond acceptors (Lipinski definition) is 9. The van der Waals surface area contributed by atoms with Crippen molar-refractivity contribution in [3.8, 4) is 0 Å². The molecule has 0 saturated carbocycles. The third-order valence-electron chi connectivity index (χ3n) is 5.83. The number of benzene rings is 1. The molecule has 9 nitrogen and oxygen atoms in total. The molecule has 5 N–H and O–H groups in total. The van der Waals surface area contributed by atoms with E-state index in [-0.39, 0.29) is 23.7 Å². The Balaban J connectivity index is 1.78. The van der Waals surface area contributed by atoms with E-state index in [0.717, 1.165) is 37.2 Å². The minimum atomic E-state index is -0.322. The molecule has 0 radical (unpaired) electrons. The van der Waals surface area contributed by atoms with Gasteiger partial charge >= 0.3 is 0 Å². The van der Waals surface area contributed by atoms with E-state index < -0.39 is 0 Å². The molecule has 0 aliphatic carbocycles. The van der Waals surface area contributed by atoms with E-state index >= 15 is 0 Å². The number of rotatable bonds is 8. The highest BCUT2D eigenvalue weighted by atomic mass is 32.2. The fourth-order valence-corrected chi connectivity index (χ4v) is 4.42. The van der Waals surface area contributed by atoms with Crippen molar-refractivity contribution in [2.75, 3.05) is 33.2 Å². The predicted octanol–water partition coefficient (Wildman–Crippen LogP) is 3.54. The lowest BCUT2D eigenvalue weighted by Gasteiger charge is -2.26. The highest BCUT2D eigenvalue weighted by molar-refractivity contribution is 8.06. The van der Waals surface area contributed by atoms with Crippen LogP contribution in [0.5, 0.6) is 0 Å². The normalized spacial score (nSPS) is 18.1. The van der Waals surface area contributed by atoms with Crippen LogP contribution in [-0.4, -0.2) is 62.0 Å². The Hall–Kier alpha value is -3.21. The molecule has 3 rings (SSSR count). The Labute approximate surface area is 217 Å². The largest absolute Gasteiger partial charge is 0.418 e. The van der Waals surface area contributed by atoms with E-state index in [4.69, 9.17) is 15.6 Å². The summed E-state index contributed by atoms with van der Waals surface area (Å²) in [6.45, 7) is 11.2. The highest BCUT2D eigenvalue weighted by Crippen LogP contribution is 2.25. The van der Waals surface area contributed by atoms with Gasteiger partial charge in [0.1, 0.15) is 5.70 Å². The van der Waals surface area contributed by atoms with Crippen LogP contribution < -0.4 is 16.0 Å². The monoisotopic (exact) mass is 509 g/mol. The Morgan fingerprint density at radius 3 is 2.92 bits per heavy atom. The number of carbonyl (C=O) groups is 1. The lowest BCUT2D eigenvalue weighted by Crippen LogP contribution is -2.35. The van der Waals surface area contributed by atoms with E-state index in [2.05, 4.69) is 27.5 Å². The molecule has 0 spiro atoms. The van der Waals surface area contributed by atoms with Crippen LogP contribution in [0.2, 0.25) is 0 Å². The molecule has 1 atom stereocenters. The molecule has 1 aromatic carbocycles. The predicted molar refractivity (Wildman–Crippen MR) is 148 cm³/mol. The first-order valence-corrected chi connectivity index (χ1v) is 12.8. The summed E-state index contributed by atoms with van der Waals surface area (Å²) in [4.78, 5) is 20.0. The standard InChI is InChI=1S/C26H35N7O2S/c1-5-13-36-18(3)24(27)35-25(28)23-17(2)31-16-22(32-23)21-8-7-19(14-20(21)15-29-4)26(34)33-11-6-9-30-10-12-33/h5,7-8,13-14,16,22,27-30,32H,3,6,9-12,15H2,1-2,4H3/b13-5-,27-24?,28-25?.